The van der Waals surface area contributed by atoms with E-state index >= 15 is 0 Å². The van der Waals surface area contributed by atoms with Crippen molar-refractivity contribution in [1.82, 2.24) is 0 Å². The fourth-order valence-corrected chi connectivity index (χ4v) is 5.29. The molecule has 0 spiro atoms. The van der Waals surface area contributed by atoms with Crippen LogP contribution in [0.5, 0.6) is 0 Å². The minimum Gasteiger partial charge on any atom is -0.118 e. The smallest absolute Gasteiger partial charge is 0.0486 e. The van der Waals surface area contributed by atoms with Crippen LogP contribution < -0.4 is 0 Å². The molecule has 1 aliphatic heterocycles. The standard InChI is InChI=1S/C16H12S2/c1-3-7-13-11(5-1)12-6-2-4-8-14(12)15(13)16-17-9-10-18-16/h1-8H,9-10H2. The SMILES string of the molecule is c1ccc2c(c1)C(=C1SCCS1)c1ccccc1-2. The molecule has 88 valence electrons. The highest BCUT2D eigenvalue weighted by Gasteiger charge is 2.27. The summed E-state index contributed by atoms with van der Waals surface area (Å²) in [6, 6.07) is 17.6. The van der Waals surface area contributed by atoms with Crippen LogP contribution in [-0.4, -0.2) is 11.5 Å². The Morgan fingerprint density at radius 1 is 0.611 bits per heavy atom. The van der Waals surface area contributed by atoms with Gasteiger partial charge in [0.15, 0.2) is 0 Å². The molecule has 4 rings (SSSR count). The summed E-state index contributed by atoms with van der Waals surface area (Å²) in [5.74, 6) is 2.49. The number of rotatable bonds is 0. The van der Waals surface area contributed by atoms with E-state index in [0.29, 0.717) is 0 Å². The van der Waals surface area contributed by atoms with Crippen LogP contribution in [0, 0.1) is 0 Å². The molecule has 0 saturated carbocycles. The van der Waals surface area contributed by atoms with Crippen molar-refractivity contribution in [3.63, 3.8) is 0 Å². The molecule has 1 fully saturated rings. The predicted molar refractivity (Wildman–Crippen MR) is 82.8 cm³/mol. The molecule has 0 unspecified atom stereocenters. The summed E-state index contributed by atoms with van der Waals surface area (Å²) >= 11 is 4.02. The third kappa shape index (κ3) is 1.49. The first-order valence-electron chi connectivity index (χ1n) is 6.14. The predicted octanol–water partition coefficient (Wildman–Crippen LogP) is 4.86. The van der Waals surface area contributed by atoms with E-state index in [4.69, 9.17) is 0 Å². The number of benzene rings is 2. The van der Waals surface area contributed by atoms with Gasteiger partial charge in [-0.25, -0.2) is 0 Å². The molecular weight excluding hydrogens is 256 g/mol. The van der Waals surface area contributed by atoms with Crippen molar-refractivity contribution >= 4 is 29.1 Å². The molecule has 0 aromatic heterocycles. The van der Waals surface area contributed by atoms with Crippen molar-refractivity contribution in [1.29, 1.82) is 0 Å². The highest BCUT2D eigenvalue weighted by molar-refractivity contribution is 8.25. The second-order valence-electron chi connectivity index (χ2n) is 4.45. The van der Waals surface area contributed by atoms with E-state index in [1.165, 1.54) is 43.6 Å². The maximum Gasteiger partial charge on any atom is 0.0486 e. The largest absolute Gasteiger partial charge is 0.118 e. The molecule has 2 aliphatic rings. The van der Waals surface area contributed by atoms with Crippen molar-refractivity contribution in [3.05, 3.63) is 63.9 Å². The fraction of sp³-hybridized carbons (Fsp3) is 0.125. The molecule has 2 aromatic carbocycles. The zero-order valence-electron chi connectivity index (χ0n) is 9.85. The Hall–Kier alpha value is -1.12. The fourth-order valence-electron chi connectivity index (χ4n) is 2.69. The van der Waals surface area contributed by atoms with Crippen LogP contribution in [0.2, 0.25) is 0 Å². The summed E-state index contributed by atoms with van der Waals surface area (Å²) in [7, 11) is 0. The summed E-state index contributed by atoms with van der Waals surface area (Å²) in [6.07, 6.45) is 0. The first-order chi connectivity index (χ1) is 8.95. The summed E-state index contributed by atoms with van der Waals surface area (Å²) in [5, 5.41) is 0. The van der Waals surface area contributed by atoms with E-state index in [0.717, 1.165) is 0 Å². The maximum atomic E-state index is 2.26. The Kier molecular flexibility index (Phi) is 2.52. The van der Waals surface area contributed by atoms with Crippen molar-refractivity contribution < 1.29 is 0 Å². The van der Waals surface area contributed by atoms with E-state index < -0.39 is 0 Å². The van der Waals surface area contributed by atoms with Gasteiger partial charge in [0.05, 0.1) is 0 Å². The number of thioether (sulfide) groups is 2. The molecule has 1 heterocycles. The highest BCUT2D eigenvalue weighted by atomic mass is 32.2. The Morgan fingerprint density at radius 2 is 1.06 bits per heavy atom. The lowest BCUT2D eigenvalue weighted by Gasteiger charge is -2.05. The van der Waals surface area contributed by atoms with Crippen LogP contribution in [0.3, 0.4) is 0 Å². The van der Waals surface area contributed by atoms with Crippen LogP contribution >= 0.6 is 23.5 Å². The summed E-state index contributed by atoms with van der Waals surface area (Å²) in [5.41, 5.74) is 7.08. The van der Waals surface area contributed by atoms with Gasteiger partial charge in [-0.05, 0) is 22.3 Å². The molecule has 2 aromatic rings. The third-order valence-electron chi connectivity index (χ3n) is 3.44. The summed E-state index contributed by atoms with van der Waals surface area (Å²) < 4.78 is 1.51. The van der Waals surface area contributed by atoms with Crippen LogP contribution in [0.25, 0.3) is 16.7 Å². The lowest BCUT2D eigenvalue weighted by Crippen LogP contribution is -1.82. The lowest BCUT2D eigenvalue weighted by atomic mass is 10.1. The van der Waals surface area contributed by atoms with Crippen LogP contribution in [0.1, 0.15) is 11.1 Å². The van der Waals surface area contributed by atoms with Gasteiger partial charge in [0.2, 0.25) is 0 Å². The monoisotopic (exact) mass is 268 g/mol. The van der Waals surface area contributed by atoms with Crippen molar-refractivity contribution in [2.75, 3.05) is 11.5 Å². The zero-order valence-corrected chi connectivity index (χ0v) is 11.5. The number of hydrogen-bond acceptors (Lipinski definition) is 2. The molecule has 0 atom stereocenters. The molecular formula is C16H12S2. The molecule has 0 amide bonds. The average molecular weight is 268 g/mol. The zero-order chi connectivity index (χ0) is 11.9. The van der Waals surface area contributed by atoms with Crippen LogP contribution in [-0.2, 0) is 0 Å². The quantitative estimate of drug-likeness (QED) is 0.571. The molecule has 1 aliphatic carbocycles. The van der Waals surface area contributed by atoms with E-state index in [2.05, 4.69) is 48.5 Å². The molecule has 0 N–H and O–H groups in total. The second-order valence-corrected chi connectivity index (χ2v) is 6.92. The molecule has 1 saturated heterocycles. The highest BCUT2D eigenvalue weighted by Crippen LogP contribution is 2.51. The number of hydrogen-bond donors (Lipinski definition) is 0. The normalized spacial score (nSPS) is 16.9. The van der Waals surface area contributed by atoms with Crippen LogP contribution in [0.15, 0.2) is 52.8 Å². The Morgan fingerprint density at radius 3 is 1.56 bits per heavy atom. The molecule has 2 heteroatoms. The summed E-state index contributed by atoms with van der Waals surface area (Å²) in [6.45, 7) is 0. The van der Waals surface area contributed by atoms with E-state index in [1.807, 2.05) is 23.5 Å². The Balaban J connectivity index is 2.07. The third-order valence-corrected chi connectivity index (χ3v) is 6.15. The van der Waals surface area contributed by atoms with Gasteiger partial charge in [0, 0.05) is 21.3 Å². The molecule has 18 heavy (non-hydrogen) atoms. The van der Waals surface area contributed by atoms with Gasteiger partial charge in [-0.1, -0.05) is 48.5 Å². The van der Waals surface area contributed by atoms with E-state index in [9.17, 15) is 0 Å². The van der Waals surface area contributed by atoms with Gasteiger partial charge in [0.1, 0.15) is 0 Å². The first-order valence-corrected chi connectivity index (χ1v) is 8.11. The van der Waals surface area contributed by atoms with Gasteiger partial charge >= 0.3 is 0 Å². The van der Waals surface area contributed by atoms with Crippen molar-refractivity contribution in [2.24, 2.45) is 0 Å². The van der Waals surface area contributed by atoms with Gasteiger partial charge in [-0.2, -0.15) is 0 Å². The maximum absolute atomic E-state index is 2.26. The van der Waals surface area contributed by atoms with Crippen LogP contribution in [0.4, 0.5) is 0 Å². The Bertz CT molecular complexity index is 600. The average Bonchev–Trinajstić information content (AvgIpc) is 3.03. The van der Waals surface area contributed by atoms with Crippen molar-refractivity contribution in [2.45, 2.75) is 0 Å². The van der Waals surface area contributed by atoms with Gasteiger partial charge < -0.3 is 0 Å². The van der Waals surface area contributed by atoms with E-state index in [-0.39, 0.29) is 0 Å². The molecule has 0 bridgehead atoms. The number of fused-ring (bicyclic) bond motifs is 3. The van der Waals surface area contributed by atoms with E-state index in [1.54, 1.807) is 0 Å². The minimum atomic E-state index is 1.24. The molecule has 0 nitrogen and oxygen atoms in total. The van der Waals surface area contributed by atoms with Gasteiger partial charge in [-0.3, -0.25) is 0 Å². The van der Waals surface area contributed by atoms with Crippen molar-refractivity contribution in [3.8, 4) is 11.1 Å². The molecule has 0 radical (unpaired) electrons. The van der Waals surface area contributed by atoms with Gasteiger partial charge in [0.25, 0.3) is 0 Å². The first kappa shape index (κ1) is 10.8. The topological polar surface area (TPSA) is 0 Å². The Labute approximate surface area is 115 Å². The van der Waals surface area contributed by atoms with Gasteiger partial charge in [-0.15, -0.1) is 23.5 Å². The second kappa shape index (κ2) is 4.22. The minimum absolute atomic E-state index is 1.24. The summed E-state index contributed by atoms with van der Waals surface area (Å²) in [4.78, 5) is 0. The lowest BCUT2D eigenvalue weighted by molar-refractivity contribution is 1.59.